The SMILES string of the molecule is Cc1cc(C(=O)CN2CCN(S(=O)(=O)c3ccc4c(c3)OCCO4)CC2)c(C)n1C(C)(C)C. The number of hydrogen-bond acceptors (Lipinski definition) is 6. The Morgan fingerprint density at radius 2 is 1.61 bits per heavy atom. The van der Waals surface area contributed by atoms with Crippen molar-refractivity contribution in [2.24, 2.45) is 0 Å². The molecule has 1 saturated heterocycles. The Bertz CT molecular complexity index is 1160. The summed E-state index contributed by atoms with van der Waals surface area (Å²) in [5.41, 5.74) is 2.69. The Balaban J connectivity index is 1.41. The molecule has 3 heterocycles. The van der Waals surface area contributed by atoms with Crippen LogP contribution in [0.2, 0.25) is 0 Å². The van der Waals surface area contributed by atoms with Gasteiger partial charge in [-0.25, -0.2) is 8.42 Å². The van der Waals surface area contributed by atoms with Crippen molar-refractivity contribution in [2.45, 2.75) is 45.1 Å². The van der Waals surface area contributed by atoms with E-state index in [1.807, 2.05) is 24.8 Å². The second-order valence-electron chi connectivity index (χ2n) is 9.70. The first-order valence-electron chi connectivity index (χ1n) is 11.3. The number of piperazine rings is 1. The molecule has 2 aliphatic rings. The Morgan fingerprint density at radius 1 is 0.970 bits per heavy atom. The quantitative estimate of drug-likeness (QED) is 0.619. The zero-order valence-electron chi connectivity index (χ0n) is 20.1. The maximum atomic E-state index is 13.1. The van der Waals surface area contributed by atoms with Crippen LogP contribution in [-0.2, 0) is 15.6 Å². The molecule has 0 unspecified atom stereocenters. The number of fused-ring (bicyclic) bond motifs is 1. The first kappa shape index (κ1) is 23.8. The number of carbonyl (C=O) groups is 1. The highest BCUT2D eigenvalue weighted by molar-refractivity contribution is 7.89. The highest BCUT2D eigenvalue weighted by Gasteiger charge is 2.31. The van der Waals surface area contributed by atoms with Gasteiger partial charge in [0.05, 0.1) is 11.4 Å². The molecule has 0 saturated carbocycles. The molecule has 8 nitrogen and oxygen atoms in total. The average Bonchev–Trinajstić information content (AvgIpc) is 3.08. The minimum Gasteiger partial charge on any atom is -0.486 e. The van der Waals surface area contributed by atoms with E-state index in [4.69, 9.17) is 9.47 Å². The van der Waals surface area contributed by atoms with Crippen LogP contribution in [0.1, 0.15) is 42.5 Å². The van der Waals surface area contributed by atoms with Crippen LogP contribution in [0.5, 0.6) is 11.5 Å². The lowest BCUT2D eigenvalue weighted by molar-refractivity contribution is 0.0901. The molecular formula is C24H33N3O5S. The lowest BCUT2D eigenvalue weighted by Crippen LogP contribution is -2.49. The summed E-state index contributed by atoms with van der Waals surface area (Å²) >= 11 is 0. The number of aryl methyl sites for hydroxylation is 1. The molecule has 33 heavy (non-hydrogen) atoms. The van der Waals surface area contributed by atoms with E-state index in [-0.39, 0.29) is 22.8 Å². The summed E-state index contributed by atoms with van der Waals surface area (Å²) in [6.45, 7) is 13.2. The smallest absolute Gasteiger partial charge is 0.243 e. The van der Waals surface area contributed by atoms with E-state index < -0.39 is 10.0 Å². The maximum Gasteiger partial charge on any atom is 0.243 e. The van der Waals surface area contributed by atoms with Crippen LogP contribution in [-0.4, -0.2) is 73.9 Å². The van der Waals surface area contributed by atoms with E-state index in [2.05, 4.69) is 25.3 Å². The molecule has 0 N–H and O–H groups in total. The van der Waals surface area contributed by atoms with Crippen molar-refractivity contribution in [3.8, 4) is 11.5 Å². The van der Waals surface area contributed by atoms with Crippen LogP contribution in [0.15, 0.2) is 29.2 Å². The van der Waals surface area contributed by atoms with Gasteiger partial charge in [0.2, 0.25) is 10.0 Å². The second-order valence-corrected chi connectivity index (χ2v) is 11.6. The number of carbonyl (C=O) groups excluding carboxylic acids is 1. The summed E-state index contributed by atoms with van der Waals surface area (Å²) in [4.78, 5) is 15.3. The predicted octanol–water partition coefficient (Wildman–Crippen LogP) is 2.82. The molecule has 1 fully saturated rings. The largest absolute Gasteiger partial charge is 0.486 e. The van der Waals surface area contributed by atoms with Gasteiger partial charge in [0.1, 0.15) is 13.2 Å². The molecule has 2 aromatic rings. The Hall–Kier alpha value is -2.36. The summed E-state index contributed by atoms with van der Waals surface area (Å²) in [5, 5.41) is 0. The first-order valence-corrected chi connectivity index (χ1v) is 12.8. The predicted molar refractivity (Wildman–Crippen MR) is 126 cm³/mol. The molecule has 0 atom stereocenters. The summed E-state index contributed by atoms with van der Waals surface area (Å²) < 4.78 is 41.0. The minimum absolute atomic E-state index is 0.0711. The first-order chi connectivity index (χ1) is 15.5. The number of ketones is 1. The van der Waals surface area contributed by atoms with E-state index in [1.165, 1.54) is 10.4 Å². The fourth-order valence-electron chi connectivity index (χ4n) is 4.83. The number of aromatic nitrogens is 1. The molecule has 0 bridgehead atoms. The highest BCUT2D eigenvalue weighted by atomic mass is 32.2. The Labute approximate surface area is 196 Å². The lowest BCUT2D eigenvalue weighted by atomic mass is 10.1. The number of nitrogens with zero attached hydrogens (tertiary/aromatic N) is 3. The summed E-state index contributed by atoms with van der Waals surface area (Å²) in [6.07, 6.45) is 0. The minimum atomic E-state index is -3.64. The van der Waals surface area contributed by atoms with Gasteiger partial charge in [0.25, 0.3) is 0 Å². The summed E-state index contributed by atoms with van der Waals surface area (Å²) in [5.74, 6) is 1.09. The fraction of sp³-hybridized carbons (Fsp3) is 0.542. The molecule has 2 aliphatic heterocycles. The van der Waals surface area contributed by atoms with Crippen molar-refractivity contribution in [3.05, 3.63) is 41.2 Å². The normalized spacial score (nSPS) is 17.8. The number of Topliss-reactive ketones (excluding diaryl/α,β-unsaturated/α-hetero) is 1. The van der Waals surface area contributed by atoms with Crippen molar-refractivity contribution >= 4 is 15.8 Å². The van der Waals surface area contributed by atoms with Gasteiger partial charge in [0, 0.05) is 54.7 Å². The van der Waals surface area contributed by atoms with Crippen LogP contribution in [0.3, 0.4) is 0 Å². The third-order valence-electron chi connectivity index (χ3n) is 6.25. The van der Waals surface area contributed by atoms with Crippen LogP contribution >= 0.6 is 0 Å². The van der Waals surface area contributed by atoms with E-state index in [9.17, 15) is 13.2 Å². The van der Waals surface area contributed by atoms with E-state index in [0.29, 0.717) is 50.9 Å². The van der Waals surface area contributed by atoms with E-state index >= 15 is 0 Å². The van der Waals surface area contributed by atoms with Gasteiger partial charge in [-0.05, 0) is 52.8 Å². The van der Waals surface area contributed by atoms with Crippen LogP contribution in [0.4, 0.5) is 0 Å². The zero-order chi connectivity index (χ0) is 24.0. The van der Waals surface area contributed by atoms with Gasteiger partial charge in [-0.3, -0.25) is 9.69 Å². The highest BCUT2D eigenvalue weighted by Crippen LogP contribution is 2.33. The van der Waals surface area contributed by atoms with Crippen LogP contribution < -0.4 is 9.47 Å². The number of benzene rings is 1. The molecule has 1 aromatic carbocycles. The topological polar surface area (TPSA) is 81.1 Å². The van der Waals surface area contributed by atoms with Crippen LogP contribution in [0, 0.1) is 13.8 Å². The summed E-state index contributed by atoms with van der Waals surface area (Å²) in [6, 6.07) is 6.70. The van der Waals surface area contributed by atoms with Gasteiger partial charge in [-0.2, -0.15) is 4.31 Å². The van der Waals surface area contributed by atoms with E-state index in [1.54, 1.807) is 12.1 Å². The number of hydrogen-bond donors (Lipinski definition) is 0. The van der Waals surface area contributed by atoms with E-state index in [0.717, 1.165) is 17.0 Å². The van der Waals surface area contributed by atoms with Crippen molar-refractivity contribution in [3.63, 3.8) is 0 Å². The zero-order valence-corrected chi connectivity index (χ0v) is 20.9. The third-order valence-corrected chi connectivity index (χ3v) is 8.15. The van der Waals surface area contributed by atoms with Gasteiger partial charge in [-0.15, -0.1) is 0 Å². The van der Waals surface area contributed by atoms with Gasteiger partial charge in [-0.1, -0.05) is 0 Å². The van der Waals surface area contributed by atoms with Crippen molar-refractivity contribution in [1.82, 2.24) is 13.8 Å². The van der Waals surface area contributed by atoms with Gasteiger partial charge in [0.15, 0.2) is 17.3 Å². The van der Waals surface area contributed by atoms with Gasteiger partial charge < -0.3 is 14.0 Å². The monoisotopic (exact) mass is 475 g/mol. The standard InChI is InChI=1S/C24H33N3O5S/c1-17-14-20(18(2)27(17)24(3,4)5)21(28)16-25-8-10-26(11-9-25)33(29,30)19-6-7-22-23(15-19)32-13-12-31-22/h6-7,14-15H,8-13,16H2,1-5H3. The second kappa shape index (κ2) is 8.77. The molecule has 9 heteroatoms. The molecule has 0 aliphatic carbocycles. The molecule has 1 aromatic heterocycles. The van der Waals surface area contributed by atoms with Crippen molar-refractivity contribution in [1.29, 1.82) is 0 Å². The maximum absolute atomic E-state index is 13.1. The van der Waals surface area contributed by atoms with Crippen molar-refractivity contribution < 1.29 is 22.7 Å². The molecule has 0 amide bonds. The number of ether oxygens (including phenoxy) is 2. The molecule has 180 valence electrons. The lowest BCUT2D eigenvalue weighted by Gasteiger charge is -2.33. The molecular weight excluding hydrogens is 442 g/mol. The Morgan fingerprint density at radius 3 is 2.21 bits per heavy atom. The van der Waals surface area contributed by atoms with Crippen LogP contribution in [0.25, 0.3) is 0 Å². The Kier molecular flexibility index (Phi) is 6.32. The molecule has 0 radical (unpaired) electrons. The third kappa shape index (κ3) is 4.67. The van der Waals surface area contributed by atoms with Gasteiger partial charge >= 0.3 is 0 Å². The van der Waals surface area contributed by atoms with Crippen molar-refractivity contribution in [2.75, 3.05) is 45.9 Å². The average molecular weight is 476 g/mol. The molecule has 0 spiro atoms. The number of rotatable bonds is 5. The number of sulfonamides is 1. The molecule has 4 rings (SSSR count). The fourth-order valence-corrected chi connectivity index (χ4v) is 6.26. The summed E-state index contributed by atoms with van der Waals surface area (Å²) in [7, 11) is -3.64.